The zero-order chi connectivity index (χ0) is 20.1. The molecule has 0 aliphatic rings. The van der Waals surface area contributed by atoms with Crippen LogP contribution >= 0.6 is 0 Å². The minimum atomic E-state index is -0.817. The minimum Gasteiger partial charge on any atom is -0.497 e. The summed E-state index contributed by atoms with van der Waals surface area (Å²) in [5.41, 5.74) is 1.60. The monoisotopic (exact) mass is 379 g/mol. The van der Waals surface area contributed by atoms with E-state index in [4.69, 9.17) is 9.47 Å². The fourth-order valence-corrected chi connectivity index (χ4v) is 2.72. The fraction of sp³-hybridized carbons (Fsp3) is 0.190. The number of nitrogens with one attached hydrogen (secondary N) is 1. The predicted molar refractivity (Wildman–Crippen MR) is 107 cm³/mol. The van der Waals surface area contributed by atoms with E-state index in [0.717, 1.165) is 5.56 Å². The number of anilines is 1. The summed E-state index contributed by atoms with van der Waals surface area (Å²) < 4.78 is 11.6. The lowest BCUT2D eigenvalue weighted by Crippen LogP contribution is -2.33. The Hall–Kier alpha value is -3.61. The quantitative estimate of drug-likeness (QED) is 0.712. The maximum absolute atomic E-state index is 12.7. The van der Waals surface area contributed by atoms with E-state index in [-0.39, 0.29) is 11.5 Å². The normalized spacial score (nSPS) is 11.5. The number of carbonyl (C=O) groups excluding carboxylic acids is 1. The van der Waals surface area contributed by atoms with Crippen LogP contribution in [0, 0.1) is 0 Å². The molecule has 3 aromatic rings. The molecule has 3 rings (SSSR count). The van der Waals surface area contributed by atoms with Gasteiger partial charge in [-0.05, 0) is 25.1 Å². The van der Waals surface area contributed by atoms with E-state index in [1.54, 1.807) is 38.3 Å². The van der Waals surface area contributed by atoms with Crippen molar-refractivity contribution in [3.63, 3.8) is 0 Å². The van der Waals surface area contributed by atoms with Crippen molar-refractivity contribution in [1.82, 2.24) is 9.78 Å². The molecule has 0 spiro atoms. The highest BCUT2D eigenvalue weighted by Gasteiger charge is 2.20. The van der Waals surface area contributed by atoms with Crippen molar-refractivity contribution < 1.29 is 14.3 Å². The van der Waals surface area contributed by atoms with Crippen LogP contribution in [-0.2, 0) is 4.79 Å². The summed E-state index contributed by atoms with van der Waals surface area (Å²) in [6.07, 6.45) is 0. The molecule has 1 N–H and O–H groups in total. The Bertz CT molecular complexity index is 1030. The summed E-state index contributed by atoms with van der Waals surface area (Å²) in [5.74, 6) is 0.679. The van der Waals surface area contributed by atoms with Crippen LogP contribution in [0.2, 0.25) is 0 Å². The number of hydrogen-bond acceptors (Lipinski definition) is 5. The number of carbonyl (C=O) groups is 1. The van der Waals surface area contributed by atoms with E-state index in [9.17, 15) is 9.59 Å². The summed E-state index contributed by atoms with van der Waals surface area (Å²) in [6, 6.07) is 16.8. The predicted octanol–water partition coefficient (Wildman–Crippen LogP) is 3.13. The third-order valence-corrected chi connectivity index (χ3v) is 4.31. The average molecular weight is 379 g/mol. The summed E-state index contributed by atoms with van der Waals surface area (Å²) in [5, 5.41) is 7.15. The largest absolute Gasteiger partial charge is 0.497 e. The number of benzene rings is 2. The molecule has 144 valence electrons. The molecule has 1 aromatic heterocycles. The molecule has 0 aliphatic heterocycles. The van der Waals surface area contributed by atoms with Gasteiger partial charge in [0.15, 0.2) is 0 Å². The molecule has 1 atom stereocenters. The van der Waals surface area contributed by atoms with Crippen LogP contribution in [0.4, 0.5) is 5.69 Å². The van der Waals surface area contributed by atoms with Crippen LogP contribution < -0.4 is 20.3 Å². The van der Waals surface area contributed by atoms with Gasteiger partial charge in [0.1, 0.15) is 17.5 Å². The standard InChI is InChI=1S/C21H21N3O4/c1-14(21(26)22-18-10-9-16(27-2)13-19(18)28-3)24-20(25)12-11-17(23-24)15-7-5-4-6-8-15/h4-14H,1-3H3,(H,22,26). The van der Waals surface area contributed by atoms with Crippen molar-refractivity contribution in [3.05, 3.63) is 71.0 Å². The van der Waals surface area contributed by atoms with Crippen molar-refractivity contribution in [1.29, 1.82) is 0 Å². The van der Waals surface area contributed by atoms with Crippen molar-refractivity contribution in [2.45, 2.75) is 13.0 Å². The minimum absolute atomic E-state index is 0.357. The highest BCUT2D eigenvalue weighted by molar-refractivity contribution is 5.94. The van der Waals surface area contributed by atoms with Crippen LogP contribution in [0.5, 0.6) is 11.5 Å². The Kier molecular flexibility index (Phi) is 5.74. The zero-order valence-electron chi connectivity index (χ0n) is 15.9. The number of nitrogens with zero attached hydrogens (tertiary/aromatic N) is 2. The van der Waals surface area contributed by atoms with Gasteiger partial charge < -0.3 is 14.8 Å². The van der Waals surface area contributed by atoms with Gasteiger partial charge in [0.05, 0.1) is 25.6 Å². The van der Waals surface area contributed by atoms with Crippen molar-refractivity contribution in [2.24, 2.45) is 0 Å². The van der Waals surface area contributed by atoms with Crippen LogP contribution in [0.25, 0.3) is 11.3 Å². The highest BCUT2D eigenvalue weighted by atomic mass is 16.5. The lowest BCUT2D eigenvalue weighted by Gasteiger charge is -2.16. The molecule has 1 amide bonds. The Morgan fingerprint density at radius 2 is 1.79 bits per heavy atom. The molecular formula is C21H21N3O4. The molecule has 0 aliphatic carbocycles. The molecule has 0 bridgehead atoms. The van der Waals surface area contributed by atoms with E-state index in [0.29, 0.717) is 22.9 Å². The van der Waals surface area contributed by atoms with Gasteiger partial charge in [-0.15, -0.1) is 0 Å². The third-order valence-electron chi connectivity index (χ3n) is 4.31. The number of aromatic nitrogens is 2. The lowest BCUT2D eigenvalue weighted by molar-refractivity contribution is -0.119. The first-order valence-corrected chi connectivity index (χ1v) is 8.71. The molecular weight excluding hydrogens is 358 g/mol. The molecule has 1 unspecified atom stereocenters. The molecule has 7 nitrogen and oxygen atoms in total. The second-order valence-electron chi connectivity index (χ2n) is 6.10. The van der Waals surface area contributed by atoms with Crippen LogP contribution in [0.15, 0.2) is 65.5 Å². The van der Waals surface area contributed by atoms with E-state index in [1.165, 1.54) is 17.9 Å². The second kappa shape index (κ2) is 8.39. The van der Waals surface area contributed by atoms with Crippen molar-refractivity contribution >= 4 is 11.6 Å². The SMILES string of the molecule is COc1ccc(NC(=O)C(C)n2nc(-c3ccccc3)ccc2=O)c(OC)c1. The van der Waals surface area contributed by atoms with Crippen LogP contribution in [-0.4, -0.2) is 29.9 Å². The van der Waals surface area contributed by atoms with E-state index >= 15 is 0 Å². The summed E-state index contributed by atoms with van der Waals surface area (Å²) in [6.45, 7) is 1.62. The van der Waals surface area contributed by atoms with Crippen molar-refractivity contribution in [2.75, 3.05) is 19.5 Å². The Labute approximate surface area is 162 Å². The van der Waals surface area contributed by atoms with Gasteiger partial charge in [-0.2, -0.15) is 5.10 Å². The fourth-order valence-electron chi connectivity index (χ4n) is 2.72. The summed E-state index contributed by atoms with van der Waals surface area (Å²) in [7, 11) is 3.05. The molecule has 0 radical (unpaired) electrons. The lowest BCUT2D eigenvalue weighted by atomic mass is 10.1. The first-order valence-electron chi connectivity index (χ1n) is 8.71. The maximum atomic E-state index is 12.7. The van der Waals surface area contributed by atoms with Gasteiger partial charge >= 0.3 is 0 Å². The molecule has 28 heavy (non-hydrogen) atoms. The molecule has 0 fully saturated rings. The number of rotatable bonds is 6. The Balaban J connectivity index is 1.87. The molecule has 0 saturated heterocycles. The number of amides is 1. The van der Waals surface area contributed by atoms with E-state index in [2.05, 4.69) is 10.4 Å². The summed E-state index contributed by atoms with van der Waals surface area (Å²) in [4.78, 5) is 25.0. The van der Waals surface area contributed by atoms with Crippen LogP contribution in [0.1, 0.15) is 13.0 Å². The Morgan fingerprint density at radius 1 is 1.04 bits per heavy atom. The zero-order valence-corrected chi connectivity index (χ0v) is 15.9. The molecule has 0 saturated carbocycles. The van der Waals surface area contributed by atoms with Gasteiger partial charge in [0.25, 0.3) is 5.56 Å². The smallest absolute Gasteiger partial charge is 0.267 e. The number of methoxy groups -OCH3 is 2. The van der Waals surface area contributed by atoms with E-state index < -0.39 is 6.04 Å². The van der Waals surface area contributed by atoms with Crippen molar-refractivity contribution in [3.8, 4) is 22.8 Å². The van der Waals surface area contributed by atoms with Gasteiger partial charge in [0, 0.05) is 17.7 Å². The second-order valence-corrected chi connectivity index (χ2v) is 6.10. The van der Waals surface area contributed by atoms with E-state index in [1.807, 2.05) is 30.3 Å². The number of hydrogen-bond donors (Lipinski definition) is 1. The first kappa shape index (κ1) is 19.2. The maximum Gasteiger partial charge on any atom is 0.267 e. The number of ether oxygens (including phenoxy) is 2. The van der Waals surface area contributed by atoms with Gasteiger partial charge in [-0.3, -0.25) is 9.59 Å². The average Bonchev–Trinajstić information content (AvgIpc) is 2.74. The van der Waals surface area contributed by atoms with Gasteiger partial charge in [0.2, 0.25) is 5.91 Å². The van der Waals surface area contributed by atoms with Gasteiger partial charge in [-0.25, -0.2) is 4.68 Å². The molecule has 7 heteroatoms. The topological polar surface area (TPSA) is 82.5 Å². The van der Waals surface area contributed by atoms with Gasteiger partial charge in [-0.1, -0.05) is 30.3 Å². The first-order chi connectivity index (χ1) is 13.5. The van der Waals surface area contributed by atoms with Crippen LogP contribution in [0.3, 0.4) is 0 Å². The summed E-state index contributed by atoms with van der Waals surface area (Å²) >= 11 is 0. The Morgan fingerprint density at radius 3 is 2.46 bits per heavy atom. The molecule has 2 aromatic carbocycles. The highest BCUT2D eigenvalue weighted by Crippen LogP contribution is 2.29. The molecule has 1 heterocycles. The third kappa shape index (κ3) is 4.03.